The number of nitrogens with zero attached hydrogens (tertiary/aromatic N) is 2. The van der Waals surface area contributed by atoms with E-state index in [0.29, 0.717) is 16.8 Å². The van der Waals surface area contributed by atoms with Crippen LogP contribution in [0.2, 0.25) is 0 Å². The van der Waals surface area contributed by atoms with E-state index in [1.54, 1.807) is 25.1 Å². The van der Waals surface area contributed by atoms with Gasteiger partial charge in [0.05, 0.1) is 5.71 Å². The Morgan fingerprint density at radius 1 is 1.10 bits per heavy atom. The number of phenolic OH excluding ortho intramolecular Hbond substituents is 2. The number of aromatic nitrogens is 1. The van der Waals surface area contributed by atoms with Crippen molar-refractivity contribution in [1.29, 1.82) is 0 Å². The van der Waals surface area contributed by atoms with Crippen LogP contribution in [-0.2, 0) is 0 Å². The molecule has 0 aliphatic heterocycles. The Bertz CT molecular complexity index is 654. The number of rotatable bonds is 3. The first kappa shape index (κ1) is 13.5. The second kappa shape index (κ2) is 5.83. The summed E-state index contributed by atoms with van der Waals surface area (Å²) in [5.74, 6) is -0.797. The zero-order chi connectivity index (χ0) is 14.5. The molecule has 102 valence electrons. The van der Waals surface area contributed by atoms with Crippen LogP contribution in [0.4, 0.5) is 0 Å². The largest absolute Gasteiger partial charge is 0.504 e. The fourth-order valence-electron chi connectivity index (χ4n) is 1.52. The van der Waals surface area contributed by atoms with Gasteiger partial charge in [0.2, 0.25) is 0 Å². The number of phenols is 2. The van der Waals surface area contributed by atoms with Gasteiger partial charge in [-0.3, -0.25) is 9.78 Å². The van der Waals surface area contributed by atoms with Crippen molar-refractivity contribution >= 4 is 11.6 Å². The fraction of sp³-hybridized carbons (Fsp3) is 0.0714. The lowest BCUT2D eigenvalue weighted by Crippen LogP contribution is -2.19. The maximum absolute atomic E-state index is 11.8. The molecule has 1 amide bonds. The Balaban J connectivity index is 2.11. The van der Waals surface area contributed by atoms with Crippen molar-refractivity contribution in [1.82, 2.24) is 10.4 Å². The molecule has 0 unspecified atom stereocenters. The highest BCUT2D eigenvalue weighted by Crippen LogP contribution is 2.24. The third-order valence-corrected chi connectivity index (χ3v) is 2.66. The van der Waals surface area contributed by atoms with Gasteiger partial charge in [-0.25, -0.2) is 5.43 Å². The predicted octanol–water partition coefficient (Wildman–Crippen LogP) is 1.65. The van der Waals surface area contributed by atoms with Gasteiger partial charge in [-0.2, -0.15) is 5.10 Å². The van der Waals surface area contributed by atoms with Crippen LogP contribution in [0.15, 0.2) is 47.8 Å². The molecule has 0 spiro atoms. The summed E-state index contributed by atoms with van der Waals surface area (Å²) in [5, 5.41) is 22.6. The molecule has 0 radical (unpaired) electrons. The van der Waals surface area contributed by atoms with Gasteiger partial charge >= 0.3 is 0 Å². The summed E-state index contributed by atoms with van der Waals surface area (Å²) in [6.07, 6.45) is 3.03. The molecule has 0 bridgehead atoms. The van der Waals surface area contributed by atoms with Crippen LogP contribution in [-0.4, -0.2) is 26.8 Å². The molecule has 1 aromatic carbocycles. The van der Waals surface area contributed by atoms with Gasteiger partial charge in [0.15, 0.2) is 11.5 Å². The molecule has 0 fully saturated rings. The monoisotopic (exact) mass is 271 g/mol. The molecule has 6 nitrogen and oxygen atoms in total. The van der Waals surface area contributed by atoms with Crippen molar-refractivity contribution in [2.45, 2.75) is 6.92 Å². The number of aromatic hydroxyl groups is 2. The molecule has 20 heavy (non-hydrogen) atoms. The summed E-state index contributed by atoms with van der Waals surface area (Å²) in [4.78, 5) is 15.6. The first-order valence-electron chi connectivity index (χ1n) is 5.85. The van der Waals surface area contributed by atoms with E-state index < -0.39 is 0 Å². The number of hydrazone groups is 1. The highest BCUT2D eigenvalue weighted by atomic mass is 16.3. The Hall–Kier alpha value is -2.89. The Morgan fingerprint density at radius 3 is 2.45 bits per heavy atom. The smallest absolute Gasteiger partial charge is 0.271 e. The van der Waals surface area contributed by atoms with Crippen molar-refractivity contribution < 1.29 is 15.0 Å². The van der Waals surface area contributed by atoms with Crippen LogP contribution in [0.1, 0.15) is 22.8 Å². The van der Waals surface area contributed by atoms with Gasteiger partial charge in [0, 0.05) is 23.5 Å². The Labute approximate surface area is 115 Å². The molecule has 0 saturated heterocycles. The number of hydrogen-bond acceptors (Lipinski definition) is 5. The fourth-order valence-corrected chi connectivity index (χ4v) is 1.52. The first-order valence-corrected chi connectivity index (χ1v) is 5.85. The number of hydrogen-bond donors (Lipinski definition) is 3. The van der Waals surface area contributed by atoms with Crippen LogP contribution in [0.5, 0.6) is 11.5 Å². The number of nitrogens with one attached hydrogen (secondary N) is 1. The minimum absolute atomic E-state index is 0.206. The highest BCUT2D eigenvalue weighted by molar-refractivity contribution is 6.01. The number of carbonyl (C=O) groups excluding carboxylic acids is 1. The van der Waals surface area contributed by atoms with E-state index in [-0.39, 0.29) is 17.4 Å². The molecular formula is C14H13N3O3. The summed E-state index contributed by atoms with van der Waals surface area (Å²) in [6.45, 7) is 1.68. The van der Waals surface area contributed by atoms with Gasteiger partial charge in [0.25, 0.3) is 5.91 Å². The number of amides is 1. The van der Waals surface area contributed by atoms with Crippen molar-refractivity contribution in [2.75, 3.05) is 0 Å². The summed E-state index contributed by atoms with van der Waals surface area (Å²) in [6, 6.07) is 7.47. The number of pyridine rings is 1. The molecule has 0 atom stereocenters. The average molecular weight is 271 g/mol. The van der Waals surface area contributed by atoms with E-state index in [1.807, 2.05) is 0 Å². The quantitative estimate of drug-likeness (QED) is 0.449. The van der Waals surface area contributed by atoms with E-state index in [9.17, 15) is 15.0 Å². The van der Waals surface area contributed by atoms with E-state index in [1.165, 1.54) is 24.5 Å². The molecule has 0 aliphatic carbocycles. The molecule has 1 aromatic heterocycles. The summed E-state index contributed by atoms with van der Waals surface area (Å²) >= 11 is 0. The van der Waals surface area contributed by atoms with Gasteiger partial charge in [-0.15, -0.1) is 0 Å². The van der Waals surface area contributed by atoms with Gasteiger partial charge in [0.1, 0.15) is 0 Å². The SMILES string of the molecule is C/C(=N/NC(=O)c1ccncc1)c1ccc(O)c(O)c1. The third kappa shape index (κ3) is 3.11. The predicted molar refractivity (Wildman–Crippen MR) is 73.7 cm³/mol. The summed E-state index contributed by atoms with van der Waals surface area (Å²) in [5.41, 5.74) is 3.95. The minimum atomic E-state index is -0.352. The van der Waals surface area contributed by atoms with Crippen molar-refractivity contribution in [3.8, 4) is 11.5 Å². The second-order valence-electron chi connectivity index (χ2n) is 4.08. The molecule has 2 rings (SSSR count). The molecule has 0 saturated carbocycles. The normalized spacial score (nSPS) is 11.2. The minimum Gasteiger partial charge on any atom is -0.504 e. The van der Waals surface area contributed by atoms with Crippen LogP contribution in [0.25, 0.3) is 0 Å². The lowest BCUT2D eigenvalue weighted by Gasteiger charge is -2.04. The first-order chi connectivity index (χ1) is 9.58. The van der Waals surface area contributed by atoms with Gasteiger partial charge in [-0.1, -0.05) is 0 Å². The zero-order valence-electron chi connectivity index (χ0n) is 10.7. The number of carbonyl (C=O) groups is 1. The van der Waals surface area contributed by atoms with Crippen LogP contribution in [0, 0.1) is 0 Å². The van der Waals surface area contributed by atoms with Crippen LogP contribution in [0.3, 0.4) is 0 Å². The van der Waals surface area contributed by atoms with Crippen LogP contribution < -0.4 is 5.43 Å². The van der Waals surface area contributed by atoms with Gasteiger partial charge in [-0.05, 0) is 37.3 Å². The Morgan fingerprint density at radius 2 is 1.80 bits per heavy atom. The molecule has 1 heterocycles. The van der Waals surface area contributed by atoms with Crippen LogP contribution >= 0.6 is 0 Å². The summed E-state index contributed by atoms with van der Waals surface area (Å²) < 4.78 is 0. The highest BCUT2D eigenvalue weighted by Gasteiger charge is 2.06. The Kier molecular flexibility index (Phi) is 3.95. The summed E-state index contributed by atoms with van der Waals surface area (Å²) in [7, 11) is 0. The lowest BCUT2D eigenvalue weighted by atomic mass is 10.1. The zero-order valence-corrected chi connectivity index (χ0v) is 10.7. The second-order valence-corrected chi connectivity index (χ2v) is 4.08. The third-order valence-electron chi connectivity index (χ3n) is 2.66. The maximum Gasteiger partial charge on any atom is 0.271 e. The topological polar surface area (TPSA) is 94.8 Å². The van der Waals surface area contributed by atoms with E-state index >= 15 is 0 Å². The molecular weight excluding hydrogens is 258 g/mol. The lowest BCUT2D eigenvalue weighted by molar-refractivity contribution is 0.0954. The molecule has 6 heteroatoms. The standard InChI is InChI=1S/C14H13N3O3/c1-9(11-2-3-12(18)13(19)8-11)16-17-14(20)10-4-6-15-7-5-10/h2-8,18-19H,1H3,(H,17,20)/b16-9-. The molecule has 0 aliphatic rings. The average Bonchev–Trinajstić information content (AvgIpc) is 2.48. The molecule has 2 aromatic rings. The van der Waals surface area contributed by atoms with E-state index in [2.05, 4.69) is 15.5 Å². The number of benzene rings is 1. The van der Waals surface area contributed by atoms with Crippen molar-refractivity contribution in [3.05, 3.63) is 53.9 Å². The van der Waals surface area contributed by atoms with E-state index in [0.717, 1.165) is 0 Å². The molecule has 3 N–H and O–H groups in total. The maximum atomic E-state index is 11.8. The van der Waals surface area contributed by atoms with Crippen molar-refractivity contribution in [3.63, 3.8) is 0 Å². The van der Waals surface area contributed by atoms with Gasteiger partial charge < -0.3 is 10.2 Å². The van der Waals surface area contributed by atoms with E-state index in [4.69, 9.17) is 0 Å². The van der Waals surface area contributed by atoms with Crippen molar-refractivity contribution in [2.24, 2.45) is 5.10 Å².